The fourth-order valence-electron chi connectivity index (χ4n) is 1.45. The number of aromatic nitrogens is 1. The highest BCUT2D eigenvalue weighted by Crippen LogP contribution is 2.36. The van der Waals surface area contributed by atoms with E-state index in [0.29, 0.717) is 6.54 Å². The van der Waals surface area contributed by atoms with Crippen molar-refractivity contribution in [2.24, 2.45) is 0 Å². The summed E-state index contributed by atoms with van der Waals surface area (Å²) in [6.07, 6.45) is 3.61. The zero-order valence-corrected chi connectivity index (χ0v) is 10.1. The van der Waals surface area contributed by atoms with Gasteiger partial charge in [0.1, 0.15) is 0 Å². The molecule has 96 valence electrons. The summed E-state index contributed by atoms with van der Waals surface area (Å²) in [6.45, 7) is 0.578. The van der Waals surface area contributed by atoms with Crippen LogP contribution in [0.5, 0.6) is 0 Å². The Labute approximate surface area is 107 Å². The third kappa shape index (κ3) is 4.03. The second-order valence-corrected chi connectivity index (χ2v) is 4.78. The molecule has 1 aromatic heterocycles. The van der Waals surface area contributed by atoms with Gasteiger partial charge in [-0.05, 0) is 35.5 Å². The summed E-state index contributed by atoms with van der Waals surface area (Å²) in [5.74, 6) is 0. The highest BCUT2D eigenvalue weighted by molar-refractivity contribution is 8.00. The second-order valence-electron chi connectivity index (χ2n) is 3.64. The average molecular weight is 272 g/mol. The minimum Gasteiger partial charge on any atom is -0.380 e. The molecular formula is C12H11F3N2S. The summed E-state index contributed by atoms with van der Waals surface area (Å²) in [5.41, 5.74) is -2.35. The summed E-state index contributed by atoms with van der Waals surface area (Å²) in [6, 6.07) is 8.22. The minimum absolute atomic E-state index is 0.100. The van der Waals surface area contributed by atoms with E-state index in [1.54, 1.807) is 18.3 Å². The number of rotatable bonds is 4. The van der Waals surface area contributed by atoms with Gasteiger partial charge >= 0.3 is 5.51 Å². The first-order valence-electron chi connectivity index (χ1n) is 5.24. The van der Waals surface area contributed by atoms with Gasteiger partial charge in [-0.15, -0.1) is 0 Å². The molecule has 0 saturated carbocycles. The van der Waals surface area contributed by atoms with E-state index in [9.17, 15) is 13.2 Å². The average Bonchev–Trinajstić information content (AvgIpc) is 2.79. The van der Waals surface area contributed by atoms with Crippen molar-refractivity contribution >= 4 is 17.4 Å². The van der Waals surface area contributed by atoms with Crippen LogP contribution in [0.1, 0.15) is 5.56 Å². The lowest BCUT2D eigenvalue weighted by molar-refractivity contribution is -0.0328. The van der Waals surface area contributed by atoms with E-state index in [-0.39, 0.29) is 16.7 Å². The van der Waals surface area contributed by atoms with Crippen molar-refractivity contribution < 1.29 is 13.2 Å². The molecule has 0 aliphatic heterocycles. The van der Waals surface area contributed by atoms with Gasteiger partial charge in [0, 0.05) is 23.8 Å². The van der Waals surface area contributed by atoms with Crippen molar-refractivity contribution in [3.63, 3.8) is 0 Å². The van der Waals surface area contributed by atoms with E-state index >= 15 is 0 Å². The van der Waals surface area contributed by atoms with Crippen LogP contribution in [0.15, 0.2) is 47.6 Å². The SMILES string of the molecule is FC(F)(F)Sc1ccc(CNc2cc[nH]c2)cc1. The Balaban J connectivity index is 1.91. The fraction of sp³-hybridized carbons (Fsp3) is 0.167. The van der Waals surface area contributed by atoms with Crippen LogP contribution in [0.4, 0.5) is 18.9 Å². The smallest absolute Gasteiger partial charge is 0.380 e. The fourth-order valence-corrected chi connectivity index (χ4v) is 1.99. The van der Waals surface area contributed by atoms with Gasteiger partial charge in [-0.25, -0.2) is 0 Å². The maximum Gasteiger partial charge on any atom is 0.446 e. The van der Waals surface area contributed by atoms with Crippen LogP contribution in [0.2, 0.25) is 0 Å². The molecule has 0 unspecified atom stereocenters. The molecule has 0 amide bonds. The summed E-state index contributed by atoms with van der Waals surface area (Å²) < 4.78 is 36.4. The topological polar surface area (TPSA) is 27.8 Å². The maximum absolute atomic E-state index is 12.1. The van der Waals surface area contributed by atoms with Gasteiger partial charge in [0.05, 0.1) is 5.69 Å². The summed E-state index contributed by atoms with van der Waals surface area (Å²) >= 11 is -0.100. The van der Waals surface area contributed by atoms with Gasteiger partial charge in [-0.2, -0.15) is 13.2 Å². The van der Waals surface area contributed by atoms with Crippen molar-refractivity contribution in [1.82, 2.24) is 4.98 Å². The number of hydrogen-bond acceptors (Lipinski definition) is 2. The van der Waals surface area contributed by atoms with Crippen LogP contribution in [0, 0.1) is 0 Å². The Kier molecular flexibility index (Phi) is 3.86. The lowest BCUT2D eigenvalue weighted by Crippen LogP contribution is -2.00. The first-order valence-corrected chi connectivity index (χ1v) is 6.06. The van der Waals surface area contributed by atoms with Crippen LogP contribution in [0.3, 0.4) is 0 Å². The zero-order chi connectivity index (χ0) is 13.0. The van der Waals surface area contributed by atoms with Crippen LogP contribution < -0.4 is 5.32 Å². The van der Waals surface area contributed by atoms with Crippen molar-refractivity contribution in [1.29, 1.82) is 0 Å². The van der Waals surface area contributed by atoms with E-state index in [2.05, 4.69) is 10.3 Å². The number of aromatic amines is 1. The Bertz CT molecular complexity index is 477. The molecule has 0 aliphatic carbocycles. The molecule has 2 nitrogen and oxygen atoms in total. The Morgan fingerprint density at radius 2 is 1.83 bits per heavy atom. The largest absolute Gasteiger partial charge is 0.446 e. The van der Waals surface area contributed by atoms with Crippen LogP contribution in [-0.2, 0) is 6.54 Å². The van der Waals surface area contributed by atoms with E-state index in [1.165, 1.54) is 12.1 Å². The van der Waals surface area contributed by atoms with Gasteiger partial charge in [-0.1, -0.05) is 12.1 Å². The van der Waals surface area contributed by atoms with Gasteiger partial charge in [0.25, 0.3) is 0 Å². The quantitative estimate of drug-likeness (QED) is 0.815. The van der Waals surface area contributed by atoms with Gasteiger partial charge in [-0.3, -0.25) is 0 Å². The number of halogens is 3. The van der Waals surface area contributed by atoms with E-state index in [1.807, 2.05) is 12.3 Å². The molecule has 6 heteroatoms. The molecule has 0 fully saturated rings. The maximum atomic E-state index is 12.1. The molecule has 1 aromatic carbocycles. The highest BCUT2D eigenvalue weighted by Gasteiger charge is 2.28. The van der Waals surface area contributed by atoms with Gasteiger partial charge < -0.3 is 10.3 Å². The molecule has 2 aromatic rings. The monoisotopic (exact) mass is 272 g/mol. The van der Waals surface area contributed by atoms with E-state index in [0.717, 1.165) is 11.3 Å². The van der Waals surface area contributed by atoms with Gasteiger partial charge in [0.2, 0.25) is 0 Å². The Morgan fingerprint density at radius 1 is 1.11 bits per heavy atom. The third-order valence-corrected chi connectivity index (χ3v) is 2.99. The molecule has 0 aliphatic rings. The highest BCUT2D eigenvalue weighted by atomic mass is 32.2. The molecule has 0 atom stereocenters. The molecule has 0 saturated heterocycles. The molecule has 0 radical (unpaired) electrons. The number of nitrogens with one attached hydrogen (secondary N) is 2. The Hall–Kier alpha value is -1.56. The molecule has 18 heavy (non-hydrogen) atoms. The van der Waals surface area contributed by atoms with Crippen LogP contribution >= 0.6 is 11.8 Å². The molecular weight excluding hydrogens is 261 g/mol. The van der Waals surface area contributed by atoms with Crippen molar-refractivity contribution in [2.45, 2.75) is 16.9 Å². The predicted molar refractivity (Wildman–Crippen MR) is 66.5 cm³/mol. The molecule has 2 N–H and O–H groups in total. The molecule has 0 spiro atoms. The minimum atomic E-state index is -4.23. The summed E-state index contributed by atoms with van der Waals surface area (Å²) in [5, 5.41) is 3.15. The third-order valence-electron chi connectivity index (χ3n) is 2.25. The summed E-state index contributed by atoms with van der Waals surface area (Å²) in [7, 11) is 0. The predicted octanol–water partition coefficient (Wildman–Crippen LogP) is 4.24. The number of anilines is 1. The summed E-state index contributed by atoms with van der Waals surface area (Å²) in [4.78, 5) is 3.11. The number of H-pyrrole nitrogens is 1. The number of alkyl halides is 3. The molecule has 2 rings (SSSR count). The van der Waals surface area contributed by atoms with Gasteiger partial charge in [0.15, 0.2) is 0 Å². The van der Waals surface area contributed by atoms with Crippen molar-refractivity contribution in [3.8, 4) is 0 Å². The standard InChI is InChI=1S/C12H11F3N2S/c13-12(14,15)18-11-3-1-9(2-4-11)7-17-10-5-6-16-8-10/h1-6,8,16-17H,7H2. The van der Waals surface area contributed by atoms with Crippen molar-refractivity contribution in [3.05, 3.63) is 48.3 Å². The zero-order valence-electron chi connectivity index (χ0n) is 9.29. The van der Waals surface area contributed by atoms with E-state index in [4.69, 9.17) is 0 Å². The number of thioether (sulfide) groups is 1. The van der Waals surface area contributed by atoms with Crippen molar-refractivity contribution in [2.75, 3.05) is 5.32 Å². The lowest BCUT2D eigenvalue weighted by Gasteiger charge is -2.07. The Morgan fingerprint density at radius 3 is 2.39 bits per heavy atom. The number of hydrogen-bond donors (Lipinski definition) is 2. The van der Waals surface area contributed by atoms with E-state index < -0.39 is 5.51 Å². The molecule has 0 bridgehead atoms. The van der Waals surface area contributed by atoms with Crippen LogP contribution in [-0.4, -0.2) is 10.5 Å². The lowest BCUT2D eigenvalue weighted by atomic mass is 10.2. The normalized spacial score (nSPS) is 11.5. The first kappa shape index (κ1) is 12.9. The van der Waals surface area contributed by atoms with Crippen LogP contribution in [0.25, 0.3) is 0 Å². The second kappa shape index (κ2) is 5.39. The number of benzene rings is 1. The molecule has 1 heterocycles. The first-order chi connectivity index (χ1) is 8.53.